The predicted octanol–water partition coefficient (Wildman–Crippen LogP) is 0.623. The number of carboxylic acids is 1. The number of aromatic nitrogens is 1. The number of aromatic carboxylic acids is 1. The summed E-state index contributed by atoms with van der Waals surface area (Å²) in [5, 5.41) is 18.4. The third kappa shape index (κ3) is 3.81. The molecule has 1 rings (SSSR count). The van der Waals surface area contributed by atoms with Gasteiger partial charge >= 0.3 is 5.97 Å². The van der Waals surface area contributed by atoms with Crippen LogP contribution in [-0.4, -0.2) is 51.2 Å². The minimum absolute atomic E-state index is 0.149. The Hall–Kier alpha value is -1.95. The Morgan fingerprint density at radius 1 is 1.44 bits per heavy atom. The number of hydrogen-bond donors (Lipinski definition) is 2. The summed E-state index contributed by atoms with van der Waals surface area (Å²) in [6.45, 7) is 3.33. The number of carbonyl (C=O) groups excluding carboxylic acids is 1. The van der Waals surface area contributed by atoms with Gasteiger partial charge in [-0.3, -0.25) is 4.79 Å². The molecule has 0 bridgehead atoms. The summed E-state index contributed by atoms with van der Waals surface area (Å²) < 4.78 is 0. The van der Waals surface area contributed by atoms with Crippen LogP contribution in [-0.2, 0) is 0 Å². The minimum atomic E-state index is -1.19. The Balaban J connectivity index is 2.90. The molecule has 0 aliphatic heterocycles. The average Bonchev–Trinajstić information content (AvgIpc) is 2.26. The highest BCUT2D eigenvalue weighted by molar-refractivity contribution is 5.96. The molecule has 0 aliphatic carbocycles. The molecule has 0 saturated heterocycles. The van der Waals surface area contributed by atoms with Gasteiger partial charge in [-0.15, -0.1) is 0 Å². The van der Waals surface area contributed by atoms with Crippen molar-refractivity contribution >= 4 is 11.9 Å². The molecule has 6 heteroatoms. The summed E-state index contributed by atoms with van der Waals surface area (Å²) in [7, 11) is 1.54. The van der Waals surface area contributed by atoms with E-state index in [0.29, 0.717) is 0 Å². The Kier molecular flexibility index (Phi) is 4.03. The van der Waals surface area contributed by atoms with Crippen molar-refractivity contribution in [3.8, 4) is 0 Å². The number of amides is 1. The van der Waals surface area contributed by atoms with E-state index >= 15 is 0 Å². The highest BCUT2D eigenvalue weighted by atomic mass is 16.4. The van der Waals surface area contributed by atoms with Gasteiger partial charge in [0.05, 0.1) is 5.60 Å². The SMILES string of the molecule is CN(CC(C)(C)O)C(=O)c1ccnc(C(=O)O)c1. The molecule has 0 atom stereocenters. The second kappa shape index (κ2) is 5.14. The summed E-state index contributed by atoms with van der Waals surface area (Å²) in [6, 6.07) is 2.65. The molecule has 1 aromatic rings. The fourth-order valence-corrected chi connectivity index (χ4v) is 1.55. The van der Waals surface area contributed by atoms with Crippen molar-refractivity contribution in [2.75, 3.05) is 13.6 Å². The summed E-state index contributed by atoms with van der Waals surface area (Å²) in [6.07, 6.45) is 1.27. The molecule has 2 N–H and O–H groups in total. The van der Waals surface area contributed by atoms with E-state index in [0.717, 1.165) is 0 Å². The predicted molar refractivity (Wildman–Crippen MR) is 64.5 cm³/mol. The molecular weight excluding hydrogens is 236 g/mol. The van der Waals surface area contributed by atoms with Crippen molar-refractivity contribution in [2.45, 2.75) is 19.4 Å². The van der Waals surface area contributed by atoms with Crippen LogP contribution < -0.4 is 0 Å². The molecule has 18 heavy (non-hydrogen) atoms. The normalized spacial score (nSPS) is 11.1. The molecule has 0 unspecified atom stereocenters. The van der Waals surface area contributed by atoms with Gasteiger partial charge in [0.15, 0.2) is 0 Å². The summed E-state index contributed by atoms with van der Waals surface area (Å²) >= 11 is 0. The zero-order valence-electron chi connectivity index (χ0n) is 10.5. The van der Waals surface area contributed by atoms with Crippen molar-refractivity contribution in [2.24, 2.45) is 0 Å². The Labute approximate surface area is 105 Å². The first-order valence-corrected chi connectivity index (χ1v) is 5.38. The van der Waals surface area contributed by atoms with Crippen molar-refractivity contribution in [3.63, 3.8) is 0 Å². The Bertz CT molecular complexity index is 465. The van der Waals surface area contributed by atoms with Crippen LogP contribution in [0.15, 0.2) is 18.3 Å². The number of aliphatic hydroxyl groups is 1. The van der Waals surface area contributed by atoms with Crippen LogP contribution in [0.3, 0.4) is 0 Å². The van der Waals surface area contributed by atoms with E-state index in [1.807, 2.05) is 0 Å². The third-order valence-electron chi connectivity index (χ3n) is 2.20. The molecule has 1 amide bonds. The third-order valence-corrected chi connectivity index (χ3v) is 2.20. The van der Waals surface area contributed by atoms with Gasteiger partial charge in [-0.1, -0.05) is 0 Å². The summed E-state index contributed by atoms with van der Waals surface area (Å²) in [4.78, 5) is 27.7. The lowest BCUT2D eigenvalue weighted by Gasteiger charge is -2.25. The molecule has 0 aliphatic rings. The quantitative estimate of drug-likeness (QED) is 0.819. The highest BCUT2D eigenvalue weighted by Gasteiger charge is 2.21. The number of rotatable bonds is 4. The number of hydrogen-bond acceptors (Lipinski definition) is 4. The van der Waals surface area contributed by atoms with Crippen LogP contribution in [0.1, 0.15) is 34.7 Å². The first kappa shape index (κ1) is 14.1. The van der Waals surface area contributed by atoms with E-state index in [4.69, 9.17) is 5.11 Å². The summed E-state index contributed by atoms with van der Waals surface area (Å²) in [5.41, 5.74) is -0.959. The van der Waals surface area contributed by atoms with Crippen molar-refractivity contribution in [1.82, 2.24) is 9.88 Å². The second-order valence-corrected chi connectivity index (χ2v) is 4.71. The standard InChI is InChI=1S/C12H16N2O4/c1-12(2,18)7-14(3)10(15)8-4-5-13-9(6-8)11(16)17/h4-6,18H,7H2,1-3H3,(H,16,17). The van der Waals surface area contributed by atoms with Crippen LogP contribution in [0.2, 0.25) is 0 Å². The van der Waals surface area contributed by atoms with E-state index in [1.165, 1.54) is 23.2 Å². The van der Waals surface area contributed by atoms with Crippen molar-refractivity contribution < 1.29 is 19.8 Å². The smallest absolute Gasteiger partial charge is 0.354 e. The van der Waals surface area contributed by atoms with Gasteiger partial charge < -0.3 is 15.1 Å². The summed E-state index contributed by atoms with van der Waals surface area (Å²) in [5.74, 6) is -1.54. The topological polar surface area (TPSA) is 90.7 Å². The Morgan fingerprint density at radius 2 is 2.06 bits per heavy atom. The first-order valence-electron chi connectivity index (χ1n) is 5.38. The largest absolute Gasteiger partial charge is 0.477 e. The second-order valence-electron chi connectivity index (χ2n) is 4.71. The molecule has 0 aromatic carbocycles. The molecule has 1 heterocycles. The maximum absolute atomic E-state index is 12.0. The number of carbonyl (C=O) groups is 2. The minimum Gasteiger partial charge on any atom is -0.477 e. The maximum Gasteiger partial charge on any atom is 0.354 e. The van der Waals surface area contributed by atoms with Gasteiger partial charge in [-0.25, -0.2) is 9.78 Å². The molecule has 1 aromatic heterocycles. The van der Waals surface area contributed by atoms with E-state index in [-0.39, 0.29) is 23.7 Å². The van der Waals surface area contributed by atoms with E-state index in [1.54, 1.807) is 20.9 Å². The molecule has 0 saturated carbocycles. The number of pyridine rings is 1. The lowest BCUT2D eigenvalue weighted by atomic mass is 10.1. The van der Waals surface area contributed by atoms with Crippen LogP contribution in [0.5, 0.6) is 0 Å². The molecule has 0 spiro atoms. The zero-order valence-corrected chi connectivity index (χ0v) is 10.5. The number of nitrogens with zero attached hydrogens (tertiary/aromatic N) is 2. The molecule has 6 nitrogen and oxygen atoms in total. The first-order chi connectivity index (χ1) is 8.20. The van der Waals surface area contributed by atoms with Crippen molar-refractivity contribution in [3.05, 3.63) is 29.6 Å². The molecular formula is C12H16N2O4. The van der Waals surface area contributed by atoms with Crippen LogP contribution >= 0.6 is 0 Å². The van der Waals surface area contributed by atoms with Crippen LogP contribution in [0.25, 0.3) is 0 Å². The van der Waals surface area contributed by atoms with Crippen molar-refractivity contribution in [1.29, 1.82) is 0 Å². The monoisotopic (exact) mass is 252 g/mol. The van der Waals surface area contributed by atoms with Gasteiger partial charge in [-0.2, -0.15) is 0 Å². The zero-order chi connectivity index (χ0) is 13.9. The van der Waals surface area contributed by atoms with Crippen LogP contribution in [0.4, 0.5) is 0 Å². The van der Waals surface area contributed by atoms with Gasteiger partial charge in [0, 0.05) is 25.4 Å². The number of likely N-dealkylation sites (N-methyl/N-ethyl adjacent to an activating group) is 1. The van der Waals surface area contributed by atoms with Gasteiger partial charge in [0.1, 0.15) is 5.69 Å². The lowest BCUT2D eigenvalue weighted by Crippen LogP contribution is -2.39. The van der Waals surface area contributed by atoms with E-state index < -0.39 is 11.6 Å². The van der Waals surface area contributed by atoms with Gasteiger partial charge in [0.25, 0.3) is 5.91 Å². The molecule has 0 radical (unpaired) electrons. The van der Waals surface area contributed by atoms with E-state index in [9.17, 15) is 14.7 Å². The Morgan fingerprint density at radius 3 is 2.56 bits per heavy atom. The van der Waals surface area contributed by atoms with Crippen LogP contribution in [0, 0.1) is 0 Å². The lowest BCUT2D eigenvalue weighted by molar-refractivity contribution is 0.0367. The average molecular weight is 252 g/mol. The highest BCUT2D eigenvalue weighted by Crippen LogP contribution is 2.09. The fraction of sp³-hybridized carbons (Fsp3) is 0.417. The van der Waals surface area contributed by atoms with Gasteiger partial charge in [-0.05, 0) is 26.0 Å². The molecule has 0 fully saturated rings. The number of carboxylic acid groups (broad SMARTS) is 1. The molecule has 98 valence electrons. The van der Waals surface area contributed by atoms with Gasteiger partial charge in [0.2, 0.25) is 0 Å². The maximum atomic E-state index is 12.0. The van der Waals surface area contributed by atoms with E-state index in [2.05, 4.69) is 4.98 Å². The fourth-order valence-electron chi connectivity index (χ4n) is 1.55.